The van der Waals surface area contributed by atoms with E-state index in [9.17, 15) is 0 Å². The third-order valence-corrected chi connectivity index (χ3v) is 3.10. The van der Waals surface area contributed by atoms with Crippen LogP contribution < -0.4 is 0 Å². The van der Waals surface area contributed by atoms with E-state index < -0.39 is 0 Å². The molecule has 0 amide bonds. The first kappa shape index (κ1) is 10.1. The van der Waals surface area contributed by atoms with Crippen LogP contribution in [0.3, 0.4) is 0 Å². The summed E-state index contributed by atoms with van der Waals surface area (Å²) >= 11 is 5.16. The summed E-state index contributed by atoms with van der Waals surface area (Å²) in [4.78, 5) is 4.27. The molecule has 0 atom stereocenters. The number of thioether (sulfide) groups is 1. The smallest absolute Gasteiger partial charge is 0.0960 e. The summed E-state index contributed by atoms with van der Waals surface area (Å²) in [5, 5.41) is 1.10. The van der Waals surface area contributed by atoms with Crippen LogP contribution in [0.2, 0.25) is 0 Å². The maximum absolute atomic E-state index is 4.27. The number of hydrogen-bond donors (Lipinski definition) is 0. The summed E-state index contributed by atoms with van der Waals surface area (Å²) in [6, 6.07) is 4.06. The Balaban J connectivity index is 2.48. The highest BCUT2D eigenvalue weighted by Gasteiger charge is 1.97. The fourth-order valence-corrected chi connectivity index (χ4v) is 1.73. The predicted octanol–water partition coefficient (Wildman–Crippen LogP) is 3.59. The van der Waals surface area contributed by atoms with Crippen LogP contribution in [0.25, 0.3) is 0 Å². The van der Waals surface area contributed by atoms with Crippen LogP contribution in [0.15, 0.2) is 27.8 Å². The summed E-state index contributed by atoms with van der Waals surface area (Å²) in [6.45, 7) is 4.43. The first-order chi connectivity index (χ1) is 5.68. The van der Waals surface area contributed by atoms with Crippen molar-refractivity contribution in [1.29, 1.82) is 0 Å². The molecule has 1 heterocycles. The van der Waals surface area contributed by atoms with E-state index in [0.717, 1.165) is 21.2 Å². The van der Waals surface area contributed by atoms with E-state index in [1.165, 1.54) is 0 Å². The van der Waals surface area contributed by atoms with Crippen molar-refractivity contribution in [3.8, 4) is 0 Å². The van der Waals surface area contributed by atoms with Gasteiger partial charge in [0, 0.05) is 16.4 Å². The quantitative estimate of drug-likeness (QED) is 0.756. The van der Waals surface area contributed by atoms with E-state index in [1.807, 2.05) is 18.3 Å². The highest BCUT2D eigenvalue weighted by Crippen LogP contribution is 2.19. The van der Waals surface area contributed by atoms with Gasteiger partial charge >= 0.3 is 0 Å². The maximum atomic E-state index is 4.27. The molecule has 0 bridgehead atoms. The fraction of sp³-hybridized carbons (Fsp3) is 0.444. The lowest BCUT2D eigenvalue weighted by molar-refractivity contribution is 0.749. The molecule has 0 aliphatic heterocycles. The van der Waals surface area contributed by atoms with Crippen LogP contribution >= 0.6 is 27.7 Å². The second kappa shape index (κ2) is 4.87. The average molecular weight is 246 g/mol. The molecular formula is C9H12BrNS. The van der Waals surface area contributed by atoms with Crippen molar-refractivity contribution in [2.75, 3.05) is 5.75 Å². The van der Waals surface area contributed by atoms with Gasteiger partial charge in [-0.3, -0.25) is 0 Å². The normalized spacial score (nSPS) is 10.7. The number of hydrogen-bond acceptors (Lipinski definition) is 2. The lowest BCUT2D eigenvalue weighted by Crippen LogP contribution is -1.90. The van der Waals surface area contributed by atoms with Gasteiger partial charge in [0.15, 0.2) is 0 Å². The molecule has 1 aromatic rings. The maximum Gasteiger partial charge on any atom is 0.0960 e. The van der Waals surface area contributed by atoms with Gasteiger partial charge in [-0.1, -0.05) is 13.8 Å². The monoisotopic (exact) mass is 245 g/mol. The third-order valence-electron chi connectivity index (χ3n) is 1.26. The molecule has 0 aliphatic carbocycles. The van der Waals surface area contributed by atoms with Crippen LogP contribution in [0.5, 0.6) is 0 Å². The highest BCUT2D eigenvalue weighted by atomic mass is 79.9. The van der Waals surface area contributed by atoms with Gasteiger partial charge in [0.05, 0.1) is 5.03 Å². The molecule has 0 saturated carbocycles. The van der Waals surface area contributed by atoms with Gasteiger partial charge in [-0.05, 0) is 34.0 Å². The number of nitrogens with zero attached hydrogens (tertiary/aromatic N) is 1. The van der Waals surface area contributed by atoms with Crippen molar-refractivity contribution in [1.82, 2.24) is 4.98 Å². The molecule has 1 rings (SSSR count). The molecule has 3 heteroatoms. The second-order valence-corrected chi connectivity index (χ2v) is 4.98. The van der Waals surface area contributed by atoms with Crippen molar-refractivity contribution in [3.05, 3.63) is 22.8 Å². The molecule has 66 valence electrons. The van der Waals surface area contributed by atoms with Gasteiger partial charge < -0.3 is 0 Å². The minimum atomic E-state index is 0.723. The summed E-state index contributed by atoms with van der Waals surface area (Å²) in [6.07, 6.45) is 1.84. The zero-order valence-electron chi connectivity index (χ0n) is 7.25. The molecule has 1 aromatic heterocycles. The Labute approximate surface area is 86.1 Å². The summed E-state index contributed by atoms with van der Waals surface area (Å²) in [5.74, 6) is 1.86. The molecule has 0 N–H and O–H groups in total. The zero-order valence-corrected chi connectivity index (χ0v) is 9.65. The van der Waals surface area contributed by atoms with E-state index in [2.05, 4.69) is 34.8 Å². The van der Waals surface area contributed by atoms with E-state index in [0.29, 0.717) is 0 Å². The Morgan fingerprint density at radius 3 is 2.75 bits per heavy atom. The summed E-state index contributed by atoms with van der Waals surface area (Å²) in [7, 11) is 0. The van der Waals surface area contributed by atoms with E-state index >= 15 is 0 Å². The van der Waals surface area contributed by atoms with E-state index in [-0.39, 0.29) is 0 Å². The number of aromatic nitrogens is 1. The van der Waals surface area contributed by atoms with Gasteiger partial charge in [-0.2, -0.15) is 0 Å². The van der Waals surface area contributed by atoms with Gasteiger partial charge in [0.25, 0.3) is 0 Å². The summed E-state index contributed by atoms with van der Waals surface area (Å²) < 4.78 is 1.04. The third kappa shape index (κ3) is 3.59. The molecule has 0 radical (unpaired) electrons. The van der Waals surface area contributed by atoms with Crippen molar-refractivity contribution in [2.45, 2.75) is 18.9 Å². The molecule has 0 aliphatic rings. The Morgan fingerprint density at radius 2 is 2.25 bits per heavy atom. The van der Waals surface area contributed by atoms with Crippen molar-refractivity contribution in [2.24, 2.45) is 5.92 Å². The minimum absolute atomic E-state index is 0.723. The van der Waals surface area contributed by atoms with Crippen molar-refractivity contribution >= 4 is 27.7 Å². The molecule has 0 saturated heterocycles. The van der Waals surface area contributed by atoms with E-state index in [4.69, 9.17) is 0 Å². The van der Waals surface area contributed by atoms with Crippen molar-refractivity contribution in [3.63, 3.8) is 0 Å². The Morgan fingerprint density at radius 1 is 1.50 bits per heavy atom. The standard InChI is InChI=1S/C9H12BrNS/c1-7(2)6-12-9-4-3-8(10)5-11-9/h3-5,7H,6H2,1-2H3. The predicted molar refractivity (Wildman–Crippen MR) is 57.5 cm³/mol. The number of rotatable bonds is 3. The second-order valence-electron chi connectivity index (χ2n) is 3.02. The molecule has 0 fully saturated rings. The highest BCUT2D eigenvalue weighted by molar-refractivity contribution is 9.10. The Hall–Kier alpha value is -0.0200. The molecule has 0 unspecified atom stereocenters. The SMILES string of the molecule is CC(C)CSc1ccc(Br)cn1. The average Bonchev–Trinajstić information content (AvgIpc) is 2.03. The lowest BCUT2D eigenvalue weighted by Gasteiger charge is -2.02. The van der Waals surface area contributed by atoms with Gasteiger partial charge in [-0.25, -0.2) is 4.98 Å². The minimum Gasteiger partial charge on any atom is -0.249 e. The van der Waals surface area contributed by atoms with Crippen LogP contribution in [-0.4, -0.2) is 10.7 Å². The molecule has 12 heavy (non-hydrogen) atoms. The lowest BCUT2D eigenvalue weighted by atomic mass is 10.3. The van der Waals surface area contributed by atoms with Crippen LogP contribution in [0, 0.1) is 5.92 Å². The fourth-order valence-electron chi connectivity index (χ4n) is 0.700. The summed E-state index contributed by atoms with van der Waals surface area (Å²) in [5.41, 5.74) is 0. The molecule has 0 aromatic carbocycles. The van der Waals surface area contributed by atoms with Crippen LogP contribution in [-0.2, 0) is 0 Å². The van der Waals surface area contributed by atoms with Gasteiger partial charge in [-0.15, -0.1) is 11.8 Å². The molecule has 0 spiro atoms. The molecule has 1 nitrogen and oxygen atoms in total. The Kier molecular flexibility index (Phi) is 4.09. The Bertz CT molecular complexity index is 233. The van der Waals surface area contributed by atoms with Gasteiger partial charge in [0.2, 0.25) is 0 Å². The zero-order chi connectivity index (χ0) is 8.97. The van der Waals surface area contributed by atoms with Gasteiger partial charge in [0.1, 0.15) is 0 Å². The van der Waals surface area contributed by atoms with Crippen LogP contribution in [0.1, 0.15) is 13.8 Å². The molecular weight excluding hydrogens is 234 g/mol. The van der Waals surface area contributed by atoms with E-state index in [1.54, 1.807) is 11.8 Å². The van der Waals surface area contributed by atoms with Crippen molar-refractivity contribution < 1.29 is 0 Å². The first-order valence-electron chi connectivity index (χ1n) is 3.93. The number of pyridine rings is 1. The topological polar surface area (TPSA) is 12.9 Å². The number of halogens is 1. The van der Waals surface area contributed by atoms with Crippen LogP contribution in [0.4, 0.5) is 0 Å². The largest absolute Gasteiger partial charge is 0.249 e. The first-order valence-corrected chi connectivity index (χ1v) is 5.70.